The van der Waals surface area contributed by atoms with Crippen LogP contribution in [0.3, 0.4) is 0 Å². The van der Waals surface area contributed by atoms with Crippen molar-refractivity contribution in [3.8, 4) is 40.2 Å². The lowest BCUT2D eigenvalue weighted by Crippen LogP contribution is -2.38. The third kappa shape index (κ3) is 8.15. The summed E-state index contributed by atoms with van der Waals surface area (Å²) in [6.45, 7) is 3.69. The highest BCUT2D eigenvalue weighted by Gasteiger charge is 2.21. The van der Waals surface area contributed by atoms with E-state index in [0.29, 0.717) is 46.6 Å². The molecule has 4 aromatic carbocycles. The van der Waals surface area contributed by atoms with Crippen molar-refractivity contribution in [2.45, 2.75) is 39.1 Å². The van der Waals surface area contributed by atoms with Crippen LogP contribution in [0.2, 0.25) is 5.02 Å². The molecule has 0 saturated heterocycles. The van der Waals surface area contributed by atoms with E-state index in [2.05, 4.69) is 29.4 Å². The number of imidazole rings is 1. The number of aryl methyl sites for hydroxylation is 1. The quantitative estimate of drug-likeness (QED) is 0.141. The Morgan fingerprint density at radius 3 is 2.59 bits per heavy atom. The summed E-state index contributed by atoms with van der Waals surface area (Å²) in [5, 5.41) is 22.7. The van der Waals surface area contributed by atoms with Gasteiger partial charge in [-0.2, -0.15) is 5.26 Å². The van der Waals surface area contributed by atoms with Gasteiger partial charge in [-0.15, -0.1) is 0 Å². The summed E-state index contributed by atoms with van der Waals surface area (Å²) in [7, 11) is 1.83. The number of fused-ring (bicyclic) bond motifs is 1. The van der Waals surface area contributed by atoms with Gasteiger partial charge in [0.05, 0.1) is 28.7 Å². The van der Waals surface area contributed by atoms with E-state index in [1.165, 1.54) is 0 Å². The van der Waals surface area contributed by atoms with Crippen LogP contribution in [0.1, 0.15) is 33.5 Å². The normalized spacial score (nSPS) is 12.6. The van der Waals surface area contributed by atoms with E-state index in [1.807, 2.05) is 43.4 Å². The number of hydrogen-bond acceptors (Lipinski definition) is 8. The Bertz CT molecular complexity index is 2020. The van der Waals surface area contributed by atoms with Crippen molar-refractivity contribution >= 4 is 17.6 Å². The fourth-order valence-corrected chi connectivity index (χ4v) is 5.87. The fourth-order valence-electron chi connectivity index (χ4n) is 5.63. The van der Waals surface area contributed by atoms with E-state index >= 15 is 0 Å². The highest BCUT2D eigenvalue weighted by atomic mass is 35.5. The molecule has 1 aliphatic heterocycles. The number of nitriles is 1. The molecule has 0 amide bonds. The smallest absolute Gasteiger partial charge is 0.321 e. The number of hydrogen-bond donors (Lipinski definition) is 2. The fraction of sp³-hybridized carbons (Fsp3) is 0.237. The SMILES string of the molecule is Cc1c(COc2cc(OCc3cccc(C#N)c3)c(CN[C@@H](Cc3cn(C)cn3)C(=O)O)cc2Cl)cccc1-c1ccc2c(c1)OCCO2. The zero-order valence-electron chi connectivity index (χ0n) is 27.1. The Morgan fingerprint density at radius 2 is 1.82 bits per heavy atom. The summed E-state index contributed by atoms with van der Waals surface area (Å²) in [5.74, 6) is 1.35. The van der Waals surface area contributed by atoms with E-state index in [-0.39, 0.29) is 26.2 Å². The number of rotatable bonds is 13. The first-order valence-electron chi connectivity index (χ1n) is 15.8. The van der Waals surface area contributed by atoms with Gasteiger partial charge < -0.3 is 28.6 Å². The first-order valence-corrected chi connectivity index (χ1v) is 16.1. The highest BCUT2D eigenvalue weighted by Crippen LogP contribution is 2.37. The molecule has 10 nitrogen and oxygen atoms in total. The van der Waals surface area contributed by atoms with Gasteiger partial charge in [-0.25, -0.2) is 4.98 Å². The number of ether oxygens (including phenoxy) is 4. The molecular weight excluding hydrogens is 644 g/mol. The summed E-state index contributed by atoms with van der Waals surface area (Å²) >= 11 is 6.77. The van der Waals surface area contributed by atoms with E-state index in [4.69, 9.17) is 30.5 Å². The number of nitrogens with zero attached hydrogens (tertiary/aromatic N) is 3. The molecule has 1 atom stereocenters. The lowest BCUT2D eigenvalue weighted by molar-refractivity contribution is -0.139. The molecule has 2 N–H and O–H groups in total. The van der Waals surface area contributed by atoms with Crippen LogP contribution in [0.15, 0.2) is 85.3 Å². The third-order valence-corrected chi connectivity index (χ3v) is 8.55. The summed E-state index contributed by atoms with van der Waals surface area (Å²) in [6, 6.07) is 23.9. The van der Waals surface area contributed by atoms with Gasteiger partial charge in [0.15, 0.2) is 11.5 Å². The Kier molecular flexibility index (Phi) is 10.3. The maximum atomic E-state index is 12.1. The summed E-state index contributed by atoms with van der Waals surface area (Å²) in [5.41, 5.74) is 6.73. The Hall–Kier alpha value is -5.50. The second kappa shape index (κ2) is 15.2. The van der Waals surface area contributed by atoms with Gasteiger partial charge in [-0.1, -0.05) is 48.0 Å². The van der Waals surface area contributed by atoms with Crippen LogP contribution in [-0.2, 0) is 38.0 Å². The molecule has 6 rings (SSSR count). The Morgan fingerprint density at radius 1 is 1.02 bits per heavy atom. The molecular formula is C38H35ClN4O6. The first-order chi connectivity index (χ1) is 23.8. The van der Waals surface area contributed by atoms with Crippen LogP contribution in [0.4, 0.5) is 0 Å². The van der Waals surface area contributed by atoms with Crippen LogP contribution >= 0.6 is 11.6 Å². The van der Waals surface area contributed by atoms with Gasteiger partial charge in [0.1, 0.15) is 44.0 Å². The molecule has 0 saturated carbocycles. The molecule has 1 aromatic heterocycles. The van der Waals surface area contributed by atoms with Crippen LogP contribution in [0, 0.1) is 18.3 Å². The topological polar surface area (TPSA) is 128 Å². The molecule has 11 heteroatoms. The second-order valence-electron chi connectivity index (χ2n) is 11.7. The molecule has 0 unspecified atom stereocenters. The van der Waals surface area contributed by atoms with Crippen molar-refractivity contribution in [3.05, 3.63) is 124 Å². The molecule has 0 radical (unpaired) electrons. The van der Waals surface area contributed by atoms with E-state index in [9.17, 15) is 15.2 Å². The highest BCUT2D eigenvalue weighted by molar-refractivity contribution is 6.32. The molecule has 1 aliphatic rings. The summed E-state index contributed by atoms with van der Waals surface area (Å²) in [6.07, 6.45) is 3.63. The Labute approximate surface area is 289 Å². The predicted molar refractivity (Wildman–Crippen MR) is 184 cm³/mol. The lowest BCUT2D eigenvalue weighted by Gasteiger charge is -2.20. The standard InChI is InChI=1S/C38H35ClN4O6/c1-24-28(7-4-8-31(24)27-9-10-34-37(15-27)47-12-11-46-34)22-49-36-17-35(48-21-26-6-3-5-25(13-26)18-40)29(14-32(36)39)19-41-33(38(44)45)16-30-20-43(2)23-42-30/h3-10,13-15,17,20,23,33,41H,11-12,16,19,21-22H2,1-2H3,(H,44,45)/t33-/m0/s1. The van der Waals surface area contributed by atoms with Crippen molar-refractivity contribution in [3.63, 3.8) is 0 Å². The molecule has 0 aliphatic carbocycles. The van der Waals surface area contributed by atoms with E-state index in [0.717, 1.165) is 39.3 Å². The molecule has 0 spiro atoms. The average molecular weight is 679 g/mol. The number of halogens is 1. The van der Waals surface area contributed by atoms with Gasteiger partial charge in [0, 0.05) is 37.8 Å². The van der Waals surface area contributed by atoms with Crippen LogP contribution in [-0.4, -0.2) is 39.9 Å². The molecule has 0 bridgehead atoms. The van der Waals surface area contributed by atoms with Gasteiger partial charge in [0.25, 0.3) is 0 Å². The van der Waals surface area contributed by atoms with Crippen molar-refractivity contribution in [2.24, 2.45) is 7.05 Å². The molecule has 49 heavy (non-hydrogen) atoms. The number of carbonyl (C=O) groups is 1. The number of nitrogens with one attached hydrogen (secondary N) is 1. The minimum Gasteiger partial charge on any atom is -0.488 e. The minimum atomic E-state index is -0.999. The van der Waals surface area contributed by atoms with Crippen molar-refractivity contribution < 1.29 is 28.8 Å². The number of aliphatic carboxylic acids is 1. The maximum absolute atomic E-state index is 12.1. The molecule has 250 valence electrons. The summed E-state index contributed by atoms with van der Waals surface area (Å²) < 4.78 is 25.8. The van der Waals surface area contributed by atoms with Gasteiger partial charge in [-0.3, -0.25) is 10.1 Å². The van der Waals surface area contributed by atoms with Crippen molar-refractivity contribution in [2.75, 3.05) is 13.2 Å². The zero-order chi connectivity index (χ0) is 34.3. The largest absolute Gasteiger partial charge is 0.488 e. The average Bonchev–Trinajstić information content (AvgIpc) is 3.53. The van der Waals surface area contributed by atoms with Gasteiger partial charge in [-0.05, 0) is 65.1 Å². The van der Waals surface area contributed by atoms with Crippen molar-refractivity contribution in [1.29, 1.82) is 5.26 Å². The minimum absolute atomic E-state index is 0.161. The monoisotopic (exact) mass is 678 g/mol. The molecule has 5 aromatic rings. The number of carboxylic acid groups (broad SMARTS) is 1. The zero-order valence-corrected chi connectivity index (χ0v) is 27.9. The third-order valence-electron chi connectivity index (χ3n) is 8.26. The van der Waals surface area contributed by atoms with Gasteiger partial charge >= 0.3 is 5.97 Å². The number of aromatic nitrogens is 2. The second-order valence-corrected chi connectivity index (χ2v) is 12.1. The first kappa shape index (κ1) is 33.4. The number of benzene rings is 4. The lowest BCUT2D eigenvalue weighted by atomic mass is 9.96. The van der Waals surface area contributed by atoms with E-state index in [1.54, 1.807) is 47.4 Å². The maximum Gasteiger partial charge on any atom is 0.321 e. The summed E-state index contributed by atoms with van der Waals surface area (Å²) in [4.78, 5) is 16.4. The Balaban J connectivity index is 1.23. The predicted octanol–water partition coefficient (Wildman–Crippen LogP) is 6.64. The van der Waals surface area contributed by atoms with Crippen LogP contribution in [0.5, 0.6) is 23.0 Å². The van der Waals surface area contributed by atoms with E-state index < -0.39 is 12.0 Å². The van der Waals surface area contributed by atoms with Crippen LogP contribution < -0.4 is 24.3 Å². The number of carboxylic acids is 1. The molecule has 2 heterocycles. The van der Waals surface area contributed by atoms with Gasteiger partial charge in [0.2, 0.25) is 0 Å². The van der Waals surface area contributed by atoms with Crippen molar-refractivity contribution in [1.82, 2.24) is 14.9 Å². The van der Waals surface area contributed by atoms with Crippen LogP contribution in [0.25, 0.3) is 11.1 Å². The molecule has 0 fully saturated rings.